The van der Waals surface area contributed by atoms with Crippen LogP contribution in [-0.2, 0) is 9.53 Å². The van der Waals surface area contributed by atoms with Crippen molar-refractivity contribution in [1.29, 1.82) is 0 Å². The molecule has 0 spiro atoms. The van der Waals surface area contributed by atoms with Gasteiger partial charge in [0.15, 0.2) is 5.78 Å². The minimum Gasteiger partial charge on any atom is -0.361 e. The standard InChI is InChI=1S/C8H12O2/c1-4-5-10-6-8(9)7(2)3/h1,7H,5-6H2,2-3H3. The molecule has 0 aliphatic rings. The predicted octanol–water partition coefficient (Wildman–Crippen LogP) is 0.861. The molecule has 0 unspecified atom stereocenters. The highest BCUT2D eigenvalue weighted by molar-refractivity contribution is 5.81. The van der Waals surface area contributed by atoms with E-state index in [0.717, 1.165) is 0 Å². The zero-order valence-electron chi connectivity index (χ0n) is 6.39. The molecule has 10 heavy (non-hydrogen) atoms. The lowest BCUT2D eigenvalue weighted by molar-refractivity contribution is -0.126. The monoisotopic (exact) mass is 140 g/mol. The van der Waals surface area contributed by atoms with Crippen LogP contribution in [0, 0.1) is 18.3 Å². The molecule has 0 aromatic heterocycles. The van der Waals surface area contributed by atoms with Crippen LogP contribution in [0.5, 0.6) is 0 Å². The SMILES string of the molecule is C#CCOCC(=O)C(C)C. The molecule has 0 aliphatic carbocycles. The molecule has 0 aromatic carbocycles. The summed E-state index contributed by atoms with van der Waals surface area (Å²) in [5.41, 5.74) is 0. The summed E-state index contributed by atoms with van der Waals surface area (Å²) in [5.74, 6) is 2.42. The smallest absolute Gasteiger partial charge is 0.161 e. The van der Waals surface area contributed by atoms with Crippen LogP contribution in [0.4, 0.5) is 0 Å². The van der Waals surface area contributed by atoms with Crippen molar-refractivity contribution < 1.29 is 9.53 Å². The third-order valence-electron chi connectivity index (χ3n) is 1.07. The van der Waals surface area contributed by atoms with Gasteiger partial charge in [-0.2, -0.15) is 0 Å². The molecule has 0 fully saturated rings. The quantitative estimate of drug-likeness (QED) is 0.427. The molecular weight excluding hydrogens is 128 g/mol. The van der Waals surface area contributed by atoms with E-state index in [0.29, 0.717) is 0 Å². The molecule has 0 radical (unpaired) electrons. The van der Waals surface area contributed by atoms with E-state index in [2.05, 4.69) is 5.92 Å². The van der Waals surface area contributed by atoms with Gasteiger partial charge in [-0.05, 0) is 0 Å². The Morgan fingerprint density at radius 2 is 2.30 bits per heavy atom. The number of ketones is 1. The maximum Gasteiger partial charge on any atom is 0.161 e. The summed E-state index contributed by atoms with van der Waals surface area (Å²) in [4.78, 5) is 10.8. The molecule has 0 aliphatic heterocycles. The fraction of sp³-hybridized carbons (Fsp3) is 0.625. The second-order valence-corrected chi connectivity index (χ2v) is 2.32. The molecule has 0 saturated carbocycles. The lowest BCUT2D eigenvalue weighted by Crippen LogP contribution is -2.14. The molecule has 2 heteroatoms. The number of hydrogen-bond acceptors (Lipinski definition) is 2. The van der Waals surface area contributed by atoms with E-state index in [9.17, 15) is 4.79 Å². The van der Waals surface area contributed by atoms with Crippen molar-refractivity contribution in [3.05, 3.63) is 0 Å². The van der Waals surface area contributed by atoms with Crippen LogP contribution in [0.3, 0.4) is 0 Å². The van der Waals surface area contributed by atoms with E-state index < -0.39 is 0 Å². The molecular formula is C8H12O2. The van der Waals surface area contributed by atoms with Crippen molar-refractivity contribution >= 4 is 5.78 Å². The third kappa shape index (κ3) is 4.11. The molecule has 0 heterocycles. The molecule has 0 atom stereocenters. The van der Waals surface area contributed by atoms with Crippen molar-refractivity contribution in [3.8, 4) is 12.3 Å². The molecule has 0 amide bonds. The Hall–Kier alpha value is -0.810. The van der Waals surface area contributed by atoms with Crippen molar-refractivity contribution in [2.75, 3.05) is 13.2 Å². The summed E-state index contributed by atoms with van der Waals surface area (Å²) in [5, 5.41) is 0. The summed E-state index contributed by atoms with van der Waals surface area (Å²) in [6, 6.07) is 0. The van der Waals surface area contributed by atoms with E-state index in [1.807, 2.05) is 13.8 Å². The predicted molar refractivity (Wildman–Crippen MR) is 39.5 cm³/mol. The van der Waals surface area contributed by atoms with Gasteiger partial charge in [0.05, 0.1) is 0 Å². The molecule has 0 saturated heterocycles. The molecule has 0 bridgehead atoms. The fourth-order valence-electron chi connectivity index (χ4n) is 0.377. The maximum atomic E-state index is 10.8. The van der Waals surface area contributed by atoms with Crippen LogP contribution >= 0.6 is 0 Å². The minimum atomic E-state index is 0.0396. The number of Topliss-reactive ketones (excluding diaryl/α,β-unsaturated/α-hetero) is 1. The van der Waals surface area contributed by atoms with Gasteiger partial charge in [0.2, 0.25) is 0 Å². The highest BCUT2D eigenvalue weighted by Gasteiger charge is 2.05. The number of ether oxygens (including phenoxy) is 1. The summed E-state index contributed by atoms with van der Waals surface area (Å²) < 4.78 is 4.82. The second kappa shape index (κ2) is 5.01. The van der Waals surface area contributed by atoms with Gasteiger partial charge in [-0.25, -0.2) is 0 Å². The minimum absolute atomic E-state index is 0.0396. The summed E-state index contributed by atoms with van der Waals surface area (Å²) in [7, 11) is 0. The first kappa shape index (κ1) is 9.19. The number of rotatable bonds is 4. The maximum absolute atomic E-state index is 10.8. The Balaban J connectivity index is 3.33. The van der Waals surface area contributed by atoms with Gasteiger partial charge in [-0.1, -0.05) is 19.8 Å². The van der Waals surface area contributed by atoms with Crippen molar-refractivity contribution in [2.24, 2.45) is 5.92 Å². The van der Waals surface area contributed by atoms with Gasteiger partial charge in [-0.15, -0.1) is 6.42 Å². The van der Waals surface area contributed by atoms with E-state index in [4.69, 9.17) is 11.2 Å². The number of terminal acetylenes is 1. The van der Waals surface area contributed by atoms with Gasteiger partial charge < -0.3 is 4.74 Å². The van der Waals surface area contributed by atoms with Gasteiger partial charge in [0.1, 0.15) is 13.2 Å². The highest BCUT2D eigenvalue weighted by Crippen LogP contribution is 1.93. The lowest BCUT2D eigenvalue weighted by atomic mass is 10.1. The first-order valence-electron chi connectivity index (χ1n) is 3.22. The van der Waals surface area contributed by atoms with Gasteiger partial charge in [-0.3, -0.25) is 4.79 Å². The van der Waals surface area contributed by atoms with E-state index in [1.54, 1.807) is 0 Å². The Morgan fingerprint density at radius 1 is 1.70 bits per heavy atom. The van der Waals surface area contributed by atoms with Crippen molar-refractivity contribution in [1.82, 2.24) is 0 Å². The molecule has 0 aromatic rings. The average Bonchev–Trinajstić information content (AvgIpc) is 1.88. The Labute approximate surface area is 61.6 Å². The van der Waals surface area contributed by atoms with Crippen molar-refractivity contribution in [2.45, 2.75) is 13.8 Å². The van der Waals surface area contributed by atoms with Gasteiger partial charge in [0, 0.05) is 5.92 Å². The van der Waals surface area contributed by atoms with Crippen LogP contribution in [0.15, 0.2) is 0 Å². The van der Waals surface area contributed by atoms with Gasteiger partial charge in [0.25, 0.3) is 0 Å². The average molecular weight is 140 g/mol. The molecule has 2 nitrogen and oxygen atoms in total. The number of carbonyl (C=O) groups excluding carboxylic acids is 1. The normalized spacial score (nSPS) is 9.40. The van der Waals surface area contributed by atoms with Crippen LogP contribution < -0.4 is 0 Å². The van der Waals surface area contributed by atoms with Crippen LogP contribution in [-0.4, -0.2) is 19.0 Å². The summed E-state index contributed by atoms with van der Waals surface area (Å²) in [6.07, 6.45) is 4.90. The topological polar surface area (TPSA) is 26.3 Å². The molecule has 56 valence electrons. The largest absolute Gasteiger partial charge is 0.361 e. The first-order chi connectivity index (χ1) is 4.68. The number of carbonyl (C=O) groups is 1. The zero-order valence-corrected chi connectivity index (χ0v) is 6.39. The Kier molecular flexibility index (Phi) is 4.61. The van der Waals surface area contributed by atoms with Crippen LogP contribution in [0.2, 0.25) is 0 Å². The van der Waals surface area contributed by atoms with Crippen LogP contribution in [0.1, 0.15) is 13.8 Å². The Bertz CT molecular complexity index is 142. The zero-order chi connectivity index (χ0) is 7.98. The third-order valence-corrected chi connectivity index (χ3v) is 1.07. The fourth-order valence-corrected chi connectivity index (χ4v) is 0.377. The summed E-state index contributed by atoms with van der Waals surface area (Å²) >= 11 is 0. The first-order valence-corrected chi connectivity index (χ1v) is 3.22. The van der Waals surface area contributed by atoms with E-state index in [1.165, 1.54) is 0 Å². The van der Waals surface area contributed by atoms with E-state index >= 15 is 0 Å². The number of hydrogen-bond donors (Lipinski definition) is 0. The highest BCUT2D eigenvalue weighted by atomic mass is 16.5. The lowest BCUT2D eigenvalue weighted by Gasteiger charge is -2.01. The molecule has 0 rings (SSSR count). The van der Waals surface area contributed by atoms with E-state index in [-0.39, 0.29) is 24.9 Å². The van der Waals surface area contributed by atoms with Gasteiger partial charge >= 0.3 is 0 Å². The second-order valence-electron chi connectivity index (χ2n) is 2.32. The summed E-state index contributed by atoms with van der Waals surface area (Å²) in [6.45, 7) is 4.03. The molecule has 0 N–H and O–H groups in total. The van der Waals surface area contributed by atoms with Crippen LogP contribution in [0.25, 0.3) is 0 Å². The van der Waals surface area contributed by atoms with Crippen molar-refractivity contribution in [3.63, 3.8) is 0 Å². The Morgan fingerprint density at radius 3 is 2.70 bits per heavy atom.